The summed E-state index contributed by atoms with van der Waals surface area (Å²) in [5.74, 6) is 0.655. The maximum Gasteiger partial charge on any atom is 0.459 e. The Morgan fingerprint density at radius 2 is 2.09 bits per heavy atom. The number of nitrogen functional groups attached to an aromatic ring is 2. The molecule has 1 saturated heterocycles. The van der Waals surface area contributed by atoms with Crippen LogP contribution >= 0.6 is 7.75 Å². The molecule has 0 aliphatic carbocycles. The molecule has 2 aromatic heterocycles. The molecule has 170 valence electrons. The van der Waals surface area contributed by atoms with Gasteiger partial charge in [0, 0.05) is 5.92 Å². The van der Waals surface area contributed by atoms with Crippen molar-refractivity contribution in [1.82, 2.24) is 24.6 Å². The Bertz CT molecular complexity index is 1140. The molecule has 4 atom stereocenters. The van der Waals surface area contributed by atoms with Gasteiger partial charge >= 0.3 is 7.75 Å². The van der Waals surface area contributed by atoms with Gasteiger partial charge in [-0.05, 0) is 18.6 Å². The van der Waals surface area contributed by atoms with Crippen LogP contribution in [0.1, 0.15) is 19.6 Å². The number of fused-ring (bicyclic) bond motifs is 1. The summed E-state index contributed by atoms with van der Waals surface area (Å²) in [5, 5.41) is 2.53. The lowest BCUT2D eigenvalue weighted by molar-refractivity contribution is -0.107. The van der Waals surface area contributed by atoms with E-state index in [-0.39, 0.29) is 36.9 Å². The van der Waals surface area contributed by atoms with Crippen molar-refractivity contribution < 1.29 is 23.1 Å². The summed E-state index contributed by atoms with van der Waals surface area (Å²) in [6.45, 7) is 1.82. The molecule has 5 N–H and O–H groups in total. The Kier molecular flexibility index (Phi) is 6.38. The van der Waals surface area contributed by atoms with Crippen LogP contribution < -0.4 is 21.1 Å². The molecule has 1 aliphatic heterocycles. The van der Waals surface area contributed by atoms with E-state index in [0.29, 0.717) is 29.6 Å². The number of aldehydes is 1. The van der Waals surface area contributed by atoms with E-state index in [1.807, 2.05) is 6.92 Å². The summed E-state index contributed by atoms with van der Waals surface area (Å²) in [7, 11) is -3.80. The summed E-state index contributed by atoms with van der Waals surface area (Å²) in [6, 6.07) is 8.57. The third kappa shape index (κ3) is 4.73. The second kappa shape index (κ2) is 9.21. The lowest BCUT2D eigenvalue weighted by Gasteiger charge is -2.21. The van der Waals surface area contributed by atoms with E-state index in [4.69, 9.17) is 25.3 Å². The van der Waals surface area contributed by atoms with Crippen LogP contribution in [0.25, 0.3) is 11.2 Å². The van der Waals surface area contributed by atoms with Crippen molar-refractivity contribution in [2.75, 3.05) is 24.6 Å². The number of benzene rings is 1. The first-order chi connectivity index (χ1) is 15.4. The second-order valence-electron chi connectivity index (χ2n) is 7.38. The molecule has 0 saturated carbocycles. The number of carbonyl (C=O) groups excluding carboxylic acids is 1. The van der Waals surface area contributed by atoms with Gasteiger partial charge in [0.05, 0.1) is 25.6 Å². The monoisotopic (exact) mass is 461 g/mol. The molecule has 0 radical (unpaired) electrons. The first kappa shape index (κ1) is 22.2. The molecular weight excluding hydrogens is 437 g/mol. The van der Waals surface area contributed by atoms with E-state index >= 15 is 0 Å². The number of para-hydroxylation sites is 1. The average molecular weight is 461 g/mol. The van der Waals surface area contributed by atoms with Crippen molar-refractivity contribution in [3.63, 3.8) is 0 Å². The van der Waals surface area contributed by atoms with Crippen LogP contribution in [0.3, 0.4) is 0 Å². The topological polar surface area (TPSA) is 170 Å². The maximum absolute atomic E-state index is 13.1. The molecule has 12 nitrogen and oxygen atoms in total. The molecule has 0 bridgehead atoms. The normalized spacial score (nSPS) is 22.6. The minimum atomic E-state index is -3.80. The van der Waals surface area contributed by atoms with Crippen LogP contribution in [0.2, 0.25) is 0 Å². The molecule has 32 heavy (non-hydrogen) atoms. The molecule has 4 unspecified atom stereocenters. The van der Waals surface area contributed by atoms with E-state index in [2.05, 4.69) is 20.0 Å². The van der Waals surface area contributed by atoms with E-state index in [1.54, 1.807) is 41.2 Å². The molecule has 0 amide bonds. The standard InChI is InChI=1S/C19H24N7O5P/c1-12-9-14(10-29-32(28,23-7-8-27)31-13-5-3-2-4-6-13)30-18(12)26-11-22-15-16(20)24-19(21)25-17(15)26/h2-6,8,11-12,14,18H,7,9-10H2,1H3,(H,23,28)(H4,20,21,24,25). The van der Waals surface area contributed by atoms with Crippen LogP contribution in [0.5, 0.6) is 5.75 Å². The number of rotatable bonds is 9. The molecule has 13 heteroatoms. The van der Waals surface area contributed by atoms with Crippen molar-refractivity contribution in [3.8, 4) is 5.75 Å². The van der Waals surface area contributed by atoms with Crippen LogP contribution in [0.4, 0.5) is 11.8 Å². The number of nitrogens with one attached hydrogen (secondary N) is 1. The minimum absolute atomic E-state index is 0.0112. The van der Waals surface area contributed by atoms with Crippen LogP contribution in [0, 0.1) is 5.92 Å². The first-order valence-corrected chi connectivity index (χ1v) is 11.5. The number of aromatic nitrogens is 4. The predicted octanol–water partition coefficient (Wildman–Crippen LogP) is 1.91. The molecule has 1 fully saturated rings. The second-order valence-corrected chi connectivity index (χ2v) is 9.13. The number of anilines is 2. The van der Waals surface area contributed by atoms with Crippen molar-refractivity contribution in [2.24, 2.45) is 5.92 Å². The van der Waals surface area contributed by atoms with Crippen LogP contribution in [0.15, 0.2) is 36.7 Å². The van der Waals surface area contributed by atoms with Gasteiger partial charge in [-0.25, -0.2) is 14.6 Å². The number of nitrogens with two attached hydrogens (primary N) is 2. The number of carbonyl (C=O) groups is 1. The van der Waals surface area contributed by atoms with E-state index < -0.39 is 14.0 Å². The van der Waals surface area contributed by atoms with Gasteiger partial charge in [-0.3, -0.25) is 9.09 Å². The third-order valence-electron chi connectivity index (χ3n) is 4.96. The first-order valence-electron chi connectivity index (χ1n) is 9.97. The smallest absolute Gasteiger partial charge is 0.413 e. The van der Waals surface area contributed by atoms with Gasteiger partial charge in [-0.15, -0.1) is 0 Å². The summed E-state index contributed by atoms with van der Waals surface area (Å²) in [4.78, 5) is 23.2. The van der Waals surface area contributed by atoms with E-state index in [1.165, 1.54) is 0 Å². The lowest BCUT2D eigenvalue weighted by Crippen LogP contribution is -2.23. The van der Waals surface area contributed by atoms with Gasteiger partial charge in [-0.2, -0.15) is 9.97 Å². The fraction of sp³-hybridized carbons (Fsp3) is 0.368. The van der Waals surface area contributed by atoms with Gasteiger partial charge in [0.15, 0.2) is 11.5 Å². The zero-order valence-corrected chi connectivity index (χ0v) is 18.2. The van der Waals surface area contributed by atoms with Crippen LogP contribution in [-0.4, -0.2) is 45.1 Å². The lowest BCUT2D eigenvalue weighted by atomic mass is 10.1. The van der Waals surface area contributed by atoms with Gasteiger partial charge in [-0.1, -0.05) is 25.1 Å². The predicted molar refractivity (Wildman–Crippen MR) is 117 cm³/mol. The number of hydrogen-bond donors (Lipinski definition) is 3. The van der Waals surface area contributed by atoms with Gasteiger partial charge < -0.3 is 25.5 Å². The van der Waals surface area contributed by atoms with E-state index in [9.17, 15) is 9.36 Å². The molecule has 1 aliphatic rings. The highest BCUT2D eigenvalue weighted by molar-refractivity contribution is 7.52. The van der Waals surface area contributed by atoms with Gasteiger partial charge in [0.25, 0.3) is 0 Å². The Hall–Kier alpha value is -3.05. The molecule has 1 aromatic carbocycles. The highest BCUT2D eigenvalue weighted by Gasteiger charge is 2.37. The minimum Gasteiger partial charge on any atom is -0.413 e. The maximum atomic E-state index is 13.1. The summed E-state index contributed by atoms with van der Waals surface area (Å²) >= 11 is 0. The average Bonchev–Trinajstić information content (AvgIpc) is 3.35. The fourth-order valence-corrected chi connectivity index (χ4v) is 4.83. The Labute approximate surface area is 183 Å². The molecule has 3 aromatic rings. The quantitative estimate of drug-likeness (QED) is 0.314. The van der Waals surface area contributed by atoms with Gasteiger partial charge in [0.2, 0.25) is 5.95 Å². The SMILES string of the molecule is CC1CC(COP(=O)(NCC=O)Oc2ccccc2)OC1n1cnc2c(N)nc(N)nc21. The van der Waals surface area contributed by atoms with Crippen molar-refractivity contribution >= 4 is 37.0 Å². The Morgan fingerprint density at radius 3 is 2.84 bits per heavy atom. The number of imidazole rings is 1. The zero-order chi connectivity index (χ0) is 22.7. The summed E-state index contributed by atoms with van der Waals surface area (Å²) in [5.41, 5.74) is 12.5. The largest absolute Gasteiger partial charge is 0.459 e. The number of ether oxygens (including phenoxy) is 1. The molecule has 3 heterocycles. The zero-order valence-electron chi connectivity index (χ0n) is 17.3. The fourth-order valence-electron chi connectivity index (χ4n) is 3.56. The Balaban J connectivity index is 1.46. The molecule has 0 spiro atoms. The summed E-state index contributed by atoms with van der Waals surface area (Å²) in [6.07, 6.45) is 2.00. The molecular formula is C19H24N7O5P. The summed E-state index contributed by atoms with van der Waals surface area (Å²) < 4.78 is 32.1. The van der Waals surface area contributed by atoms with E-state index in [0.717, 1.165) is 0 Å². The Morgan fingerprint density at radius 1 is 1.31 bits per heavy atom. The molecule has 4 rings (SSSR count). The van der Waals surface area contributed by atoms with Crippen LogP contribution in [-0.2, 0) is 18.6 Å². The highest BCUT2D eigenvalue weighted by atomic mass is 31.2. The third-order valence-corrected chi connectivity index (χ3v) is 6.47. The van der Waals surface area contributed by atoms with Crippen molar-refractivity contribution in [3.05, 3.63) is 36.7 Å². The number of hydrogen-bond acceptors (Lipinski definition) is 10. The highest BCUT2D eigenvalue weighted by Crippen LogP contribution is 2.45. The van der Waals surface area contributed by atoms with Crippen molar-refractivity contribution in [1.29, 1.82) is 0 Å². The number of nitrogens with zero attached hydrogens (tertiary/aromatic N) is 4. The van der Waals surface area contributed by atoms with Gasteiger partial charge in [0.1, 0.15) is 23.8 Å². The van der Waals surface area contributed by atoms with Crippen molar-refractivity contribution in [2.45, 2.75) is 25.7 Å².